The molecular formula is C16H10Cl2N2O2S3. The van der Waals surface area contributed by atoms with Crippen LogP contribution in [0.2, 0.25) is 10.0 Å². The van der Waals surface area contributed by atoms with Crippen LogP contribution in [0, 0.1) is 0 Å². The van der Waals surface area contributed by atoms with Gasteiger partial charge in [-0.05, 0) is 29.7 Å². The molecule has 0 radical (unpaired) electrons. The summed E-state index contributed by atoms with van der Waals surface area (Å²) in [5.41, 5.74) is 0.388. The predicted molar refractivity (Wildman–Crippen MR) is 109 cm³/mol. The summed E-state index contributed by atoms with van der Waals surface area (Å²) in [5, 5.41) is 5.16. The van der Waals surface area contributed by atoms with Gasteiger partial charge < -0.3 is 5.32 Å². The third-order valence-corrected chi connectivity index (χ3v) is 6.23. The minimum Gasteiger partial charge on any atom is -0.323 e. The molecule has 1 aromatic carbocycles. The van der Waals surface area contributed by atoms with Crippen molar-refractivity contribution in [2.45, 2.75) is 0 Å². The molecule has 9 heteroatoms. The molecule has 1 aliphatic rings. The predicted octanol–water partition coefficient (Wildman–Crippen LogP) is 4.89. The number of anilines is 1. The molecule has 0 bridgehead atoms. The molecule has 0 unspecified atom stereocenters. The van der Waals surface area contributed by atoms with Crippen molar-refractivity contribution in [3.63, 3.8) is 0 Å². The van der Waals surface area contributed by atoms with Crippen LogP contribution in [0.15, 0.2) is 40.6 Å². The first-order chi connectivity index (χ1) is 12.0. The summed E-state index contributed by atoms with van der Waals surface area (Å²) in [7, 11) is 0. The maximum absolute atomic E-state index is 12.5. The van der Waals surface area contributed by atoms with Gasteiger partial charge in [-0.2, -0.15) is 0 Å². The Bertz CT molecular complexity index is 882. The van der Waals surface area contributed by atoms with Gasteiger partial charge in [-0.15, -0.1) is 11.3 Å². The highest BCUT2D eigenvalue weighted by Gasteiger charge is 2.33. The van der Waals surface area contributed by atoms with Crippen LogP contribution in [0.4, 0.5) is 5.69 Å². The maximum Gasteiger partial charge on any atom is 0.266 e. The minimum atomic E-state index is -0.405. The summed E-state index contributed by atoms with van der Waals surface area (Å²) in [6, 6.07) is 8.74. The second-order valence-electron chi connectivity index (χ2n) is 4.93. The highest BCUT2D eigenvalue weighted by Crippen LogP contribution is 2.33. The van der Waals surface area contributed by atoms with Crippen LogP contribution in [-0.4, -0.2) is 27.6 Å². The summed E-state index contributed by atoms with van der Waals surface area (Å²) in [5.74, 6) is -0.686. The van der Waals surface area contributed by atoms with E-state index in [1.807, 2.05) is 17.5 Å². The van der Waals surface area contributed by atoms with E-state index in [0.29, 0.717) is 19.9 Å². The van der Waals surface area contributed by atoms with Crippen LogP contribution in [0.3, 0.4) is 0 Å². The van der Waals surface area contributed by atoms with Crippen LogP contribution < -0.4 is 5.32 Å². The molecule has 1 fully saturated rings. The van der Waals surface area contributed by atoms with Gasteiger partial charge in [0.25, 0.3) is 5.91 Å². The first-order valence-electron chi connectivity index (χ1n) is 6.98. The number of carbonyl (C=O) groups excluding carboxylic acids is 2. The van der Waals surface area contributed by atoms with Crippen LogP contribution in [0.5, 0.6) is 0 Å². The molecule has 1 aliphatic heterocycles. The fourth-order valence-electron chi connectivity index (χ4n) is 2.07. The molecule has 1 saturated heterocycles. The van der Waals surface area contributed by atoms with E-state index in [1.54, 1.807) is 24.3 Å². The zero-order valence-electron chi connectivity index (χ0n) is 12.5. The Labute approximate surface area is 167 Å². The number of thiophene rings is 1. The minimum absolute atomic E-state index is 0.185. The molecule has 4 nitrogen and oxygen atoms in total. The molecule has 1 aromatic heterocycles. The number of benzene rings is 1. The molecule has 2 aromatic rings. The number of thiocarbonyl (C=S) groups is 1. The molecule has 0 spiro atoms. The molecule has 3 rings (SSSR count). The normalized spacial score (nSPS) is 15.9. The van der Waals surface area contributed by atoms with Crippen molar-refractivity contribution in [1.82, 2.24) is 4.90 Å². The molecular weight excluding hydrogens is 419 g/mol. The van der Waals surface area contributed by atoms with Gasteiger partial charge in [0.1, 0.15) is 10.9 Å². The van der Waals surface area contributed by atoms with E-state index in [2.05, 4.69) is 5.32 Å². The van der Waals surface area contributed by atoms with Crippen molar-refractivity contribution in [2.75, 3.05) is 11.9 Å². The van der Waals surface area contributed by atoms with Gasteiger partial charge in [-0.1, -0.05) is 59.3 Å². The van der Waals surface area contributed by atoms with Crippen LogP contribution in [-0.2, 0) is 9.59 Å². The Morgan fingerprint density at radius 3 is 2.80 bits per heavy atom. The lowest BCUT2D eigenvalue weighted by Crippen LogP contribution is -2.36. The molecule has 0 saturated carbocycles. The van der Waals surface area contributed by atoms with E-state index in [0.717, 1.165) is 4.88 Å². The molecule has 25 heavy (non-hydrogen) atoms. The smallest absolute Gasteiger partial charge is 0.266 e. The second-order valence-corrected chi connectivity index (χ2v) is 8.37. The van der Waals surface area contributed by atoms with Crippen LogP contribution >= 0.6 is 58.5 Å². The Morgan fingerprint density at radius 1 is 1.28 bits per heavy atom. The molecule has 0 atom stereocenters. The monoisotopic (exact) mass is 428 g/mol. The number of hydrogen-bond donors (Lipinski definition) is 1. The van der Waals surface area contributed by atoms with E-state index in [4.69, 9.17) is 35.4 Å². The Morgan fingerprint density at radius 2 is 2.08 bits per heavy atom. The lowest BCUT2D eigenvalue weighted by Gasteiger charge is -2.15. The highest BCUT2D eigenvalue weighted by molar-refractivity contribution is 8.26. The largest absolute Gasteiger partial charge is 0.323 e. The third kappa shape index (κ3) is 4.24. The van der Waals surface area contributed by atoms with E-state index in [-0.39, 0.29) is 17.5 Å². The number of hydrogen-bond acceptors (Lipinski definition) is 5. The number of rotatable bonds is 4. The second kappa shape index (κ2) is 7.88. The summed E-state index contributed by atoms with van der Waals surface area (Å²) >= 11 is 19.9. The SMILES string of the molecule is O=C(CN1C(=O)/C(=C\c2cccs2)SC1=S)Nc1cccc(Cl)c1Cl. The highest BCUT2D eigenvalue weighted by atomic mass is 35.5. The van der Waals surface area contributed by atoms with E-state index >= 15 is 0 Å². The number of halogens is 2. The number of nitrogens with zero attached hydrogens (tertiary/aromatic N) is 1. The van der Waals surface area contributed by atoms with Crippen molar-refractivity contribution >= 4 is 86.4 Å². The quantitative estimate of drug-likeness (QED) is 0.555. The maximum atomic E-state index is 12.5. The average Bonchev–Trinajstić information content (AvgIpc) is 3.16. The lowest BCUT2D eigenvalue weighted by atomic mass is 10.3. The van der Waals surface area contributed by atoms with Gasteiger partial charge in [-0.3, -0.25) is 14.5 Å². The number of nitrogens with one attached hydrogen (secondary N) is 1. The summed E-state index contributed by atoms with van der Waals surface area (Å²) in [6.45, 7) is -0.185. The summed E-state index contributed by atoms with van der Waals surface area (Å²) in [4.78, 5) is 27.5. The molecule has 0 aliphatic carbocycles. The summed E-state index contributed by atoms with van der Waals surface area (Å²) < 4.78 is 0.347. The Kier molecular flexibility index (Phi) is 5.81. The lowest BCUT2D eigenvalue weighted by molar-refractivity contribution is -0.126. The van der Waals surface area contributed by atoms with Gasteiger partial charge >= 0.3 is 0 Å². The zero-order chi connectivity index (χ0) is 18.0. The van der Waals surface area contributed by atoms with Crippen LogP contribution in [0.25, 0.3) is 6.08 Å². The van der Waals surface area contributed by atoms with Crippen molar-refractivity contribution in [2.24, 2.45) is 0 Å². The van der Waals surface area contributed by atoms with Gasteiger partial charge in [-0.25, -0.2) is 0 Å². The Balaban J connectivity index is 1.70. The number of amides is 2. The van der Waals surface area contributed by atoms with E-state index < -0.39 is 5.91 Å². The number of carbonyl (C=O) groups is 2. The van der Waals surface area contributed by atoms with E-state index in [1.165, 1.54) is 28.0 Å². The zero-order valence-corrected chi connectivity index (χ0v) is 16.5. The first kappa shape index (κ1) is 18.4. The molecule has 2 heterocycles. The Hall–Kier alpha value is -1.38. The van der Waals surface area contributed by atoms with Crippen molar-refractivity contribution in [3.05, 3.63) is 55.5 Å². The van der Waals surface area contributed by atoms with Gasteiger partial charge in [0.15, 0.2) is 0 Å². The van der Waals surface area contributed by atoms with Gasteiger partial charge in [0.2, 0.25) is 5.91 Å². The number of thioether (sulfide) groups is 1. The standard InChI is InChI=1S/C16H10Cl2N2O2S3/c17-10-4-1-5-11(14(10)18)19-13(21)8-20-15(22)12(25-16(20)23)7-9-3-2-6-24-9/h1-7H,8H2,(H,19,21)/b12-7+. The summed E-state index contributed by atoms with van der Waals surface area (Å²) in [6.07, 6.45) is 1.77. The van der Waals surface area contributed by atoms with Gasteiger partial charge in [0.05, 0.1) is 20.6 Å². The molecule has 128 valence electrons. The molecule has 1 N–H and O–H groups in total. The van der Waals surface area contributed by atoms with E-state index in [9.17, 15) is 9.59 Å². The topological polar surface area (TPSA) is 49.4 Å². The third-order valence-electron chi connectivity index (χ3n) is 3.22. The first-order valence-corrected chi connectivity index (χ1v) is 9.84. The fourth-order valence-corrected chi connectivity index (χ4v) is 4.40. The fraction of sp³-hybridized carbons (Fsp3) is 0.0625. The van der Waals surface area contributed by atoms with Crippen molar-refractivity contribution < 1.29 is 9.59 Å². The van der Waals surface area contributed by atoms with Crippen molar-refractivity contribution in [1.29, 1.82) is 0 Å². The molecule has 2 amide bonds. The van der Waals surface area contributed by atoms with Gasteiger partial charge in [0, 0.05) is 4.88 Å². The van der Waals surface area contributed by atoms with Crippen molar-refractivity contribution in [3.8, 4) is 0 Å². The van der Waals surface area contributed by atoms with Crippen LogP contribution in [0.1, 0.15) is 4.88 Å². The average molecular weight is 429 g/mol.